The number of fused-ring (bicyclic) bond motifs is 1. The van der Waals surface area contributed by atoms with E-state index in [2.05, 4.69) is 21.5 Å². The van der Waals surface area contributed by atoms with Crippen LogP contribution in [0, 0.1) is 5.92 Å². The molecule has 0 amide bonds. The lowest BCUT2D eigenvalue weighted by Crippen LogP contribution is -2.47. The maximum atomic E-state index is 13.2. The lowest BCUT2D eigenvalue weighted by molar-refractivity contribution is -0.153. The van der Waals surface area contributed by atoms with E-state index in [0.717, 1.165) is 0 Å². The maximum absolute atomic E-state index is 13.2. The summed E-state index contributed by atoms with van der Waals surface area (Å²) < 4.78 is 7.57. The molecule has 12 nitrogen and oxygen atoms in total. The van der Waals surface area contributed by atoms with Gasteiger partial charge in [0.05, 0.1) is 12.4 Å². The molecule has 2 heterocycles. The minimum absolute atomic E-state index is 0.0769. The molecule has 8 N–H and O–H groups in total. The number of H-pyrrole nitrogens is 1. The lowest BCUT2D eigenvalue weighted by atomic mass is 9.79. The van der Waals surface area contributed by atoms with Crippen molar-refractivity contribution >= 4 is 29.1 Å². The third-order valence-electron chi connectivity index (χ3n) is 7.49. The second kappa shape index (κ2) is 10.4. The monoisotopic (exact) mass is 543 g/mol. The number of imidazole rings is 1. The summed E-state index contributed by atoms with van der Waals surface area (Å²) in [6.07, 6.45) is 0.676. The fourth-order valence-corrected chi connectivity index (χ4v) is 5.31. The first-order valence-electron chi connectivity index (χ1n) is 12.6. The average Bonchev–Trinajstić information content (AvgIpc) is 3.49. The number of rotatable bonds is 8. The summed E-state index contributed by atoms with van der Waals surface area (Å²) in [5.41, 5.74) is 18.0. The SMILES string of the molecule is C=C1[C@@H](C[C@](N)(C(=O)O)c2ccccc2)[C@@H](OC(=O)[C@H](N)c2ccccc2)C[C@@H]1n1cnc2c(=O)[nH]c(N)nc21. The number of hydrogen-bond acceptors (Lipinski definition) is 9. The van der Waals surface area contributed by atoms with Crippen LogP contribution in [-0.2, 0) is 19.9 Å². The Hall–Kier alpha value is -4.81. The molecule has 1 fully saturated rings. The van der Waals surface area contributed by atoms with Gasteiger partial charge < -0.3 is 31.6 Å². The van der Waals surface area contributed by atoms with Crippen LogP contribution in [0.4, 0.5) is 5.95 Å². The van der Waals surface area contributed by atoms with Gasteiger partial charge in [0.25, 0.3) is 5.56 Å². The summed E-state index contributed by atoms with van der Waals surface area (Å²) in [7, 11) is 0. The number of carbonyl (C=O) groups excluding carboxylic acids is 1. The Morgan fingerprint density at radius 2 is 1.82 bits per heavy atom. The molecule has 0 spiro atoms. The highest BCUT2D eigenvalue weighted by Gasteiger charge is 2.48. The molecule has 0 aliphatic heterocycles. The van der Waals surface area contributed by atoms with Gasteiger partial charge in [0.2, 0.25) is 5.95 Å². The number of nitrogen functional groups attached to an aromatic ring is 1. The van der Waals surface area contributed by atoms with E-state index < -0.39 is 47.1 Å². The van der Waals surface area contributed by atoms with E-state index in [4.69, 9.17) is 21.9 Å². The van der Waals surface area contributed by atoms with Gasteiger partial charge in [-0.3, -0.25) is 9.78 Å². The third kappa shape index (κ3) is 4.74. The van der Waals surface area contributed by atoms with E-state index in [1.54, 1.807) is 65.2 Å². The Balaban J connectivity index is 1.53. The maximum Gasteiger partial charge on any atom is 0.328 e. The number of carbonyl (C=O) groups is 2. The summed E-state index contributed by atoms with van der Waals surface area (Å²) in [4.78, 5) is 48.9. The van der Waals surface area contributed by atoms with Crippen molar-refractivity contribution in [2.45, 2.75) is 36.6 Å². The zero-order valence-corrected chi connectivity index (χ0v) is 21.4. The molecule has 4 aromatic rings. The van der Waals surface area contributed by atoms with E-state index in [1.807, 2.05) is 0 Å². The first-order valence-corrected chi connectivity index (χ1v) is 12.6. The van der Waals surface area contributed by atoms with Crippen molar-refractivity contribution in [1.29, 1.82) is 0 Å². The van der Waals surface area contributed by atoms with Crippen LogP contribution in [0.3, 0.4) is 0 Å². The van der Waals surface area contributed by atoms with Crippen molar-refractivity contribution in [1.82, 2.24) is 19.5 Å². The van der Waals surface area contributed by atoms with Gasteiger partial charge in [-0.05, 0) is 23.1 Å². The third-order valence-corrected chi connectivity index (χ3v) is 7.49. The summed E-state index contributed by atoms with van der Waals surface area (Å²) in [6, 6.07) is 15.6. The summed E-state index contributed by atoms with van der Waals surface area (Å²) in [6.45, 7) is 4.26. The zero-order valence-electron chi connectivity index (χ0n) is 21.4. The Labute approximate surface area is 228 Å². The highest BCUT2D eigenvalue weighted by Crippen LogP contribution is 2.46. The van der Waals surface area contributed by atoms with E-state index in [-0.39, 0.29) is 30.0 Å². The molecule has 40 heavy (non-hydrogen) atoms. The molecule has 1 saturated carbocycles. The minimum atomic E-state index is -1.81. The molecule has 5 atom stereocenters. The van der Waals surface area contributed by atoms with Gasteiger partial charge in [-0.2, -0.15) is 4.98 Å². The number of ether oxygens (including phenoxy) is 1. The molecule has 206 valence electrons. The smallest absolute Gasteiger partial charge is 0.328 e. The fraction of sp³-hybridized carbons (Fsp3) is 0.250. The first-order chi connectivity index (χ1) is 19.1. The zero-order chi connectivity index (χ0) is 28.6. The number of carboxylic acids is 1. The number of nitrogens with one attached hydrogen (secondary N) is 1. The topological polar surface area (TPSA) is 205 Å². The number of aliphatic carboxylic acids is 1. The van der Waals surface area contributed by atoms with Crippen LogP contribution in [0.2, 0.25) is 0 Å². The molecule has 0 saturated heterocycles. The summed E-state index contributed by atoms with van der Waals surface area (Å²) >= 11 is 0. The lowest BCUT2D eigenvalue weighted by Gasteiger charge is -2.31. The number of aromatic nitrogens is 4. The van der Waals surface area contributed by atoms with Gasteiger partial charge in [0, 0.05) is 12.3 Å². The fourth-order valence-electron chi connectivity index (χ4n) is 5.31. The molecule has 2 aromatic heterocycles. The molecule has 2 aromatic carbocycles. The molecule has 0 radical (unpaired) electrons. The van der Waals surface area contributed by atoms with Crippen molar-refractivity contribution in [3.05, 3.63) is 101 Å². The number of nitrogens with two attached hydrogens (primary N) is 3. The van der Waals surface area contributed by atoms with Crippen LogP contribution in [0.5, 0.6) is 0 Å². The first kappa shape index (κ1) is 26.8. The largest absolute Gasteiger partial charge is 0.480 e. The Bertz CT molecular complexity index is 1640. The molecular formula is C28H29N7O5. The number of esters is 1. The van der Waals surface area contributed by atoms with Crippen molar-refractivity contribution in [2.75, 3.05) is 5.73 Å². The van der Waals surface area contributed by atoms with Crippen LogP contribution >= 0.6 is 0 Å². The molecular weight excluding hydrogens is 514 g/mol. The second-order valence-electron chi connectivity index (χ2n) is 9.92. The summed E-state index contributed by atoms with van der Waals surface area (Å²) in [5.74, 6) is -2.70. The van der Waals surface area contributed by atoms with Crippen molar-refractivity contribution in [3.63, 3.8) is 0 Å². The normalized spacial score (nSPS) is 21.1. The summed E-state index contributed by atoms with van der Waals surface area (Å²) in [5, 5.41) is 10.2. The Kier molecular flexibility index (Phi) is 6.96. The van der Waals surface area contributed by atoms with Crippen molar-refractivity contribution in [2.24, 2.45) is 17.4 Å². The number of benzene rings is 2. The number of aromatic amines is 1. The number of nitrogens with zero attached hydrogens (tertiary/aromatic N) is 3. The van der Waals surface area contributed by atoms with E-state index in [1.165, 1.54) is 6.33 Å². The number of anilines is 1. The minimum Gasteiger partial charge on any atom is -0.480 e. The Morgan fingerprint density at radius 1 is 1.18 bits per heavy atom. The van der Waals surface area contributed by atoms with Crippen LogP contribution in [0.15, 0.2) is 83.9 Å². The van der Waals surface area contributed by atoms with Crippen LogP contribution in [0.25, 0.3) is 11.2 Å². The average molecular weight is 544 g/mol. The second-order valence-corrected chi connectivity index (χ2v) is 9.92. The van der Waals surface area contributed by atoms with Gasteiger partial charge in [-0.25, -0.2) is 14.6 Å². The number of hydrogen-bond donors (Lipinski definition) is 5. The van der Waals surface area contributed by atoms with Gasteiger partial charge in [0.15, 0.2) is 11.2 Å². The predicted molar refractivity (Wildman–Crippen MR) is 147 cm³/mol. The highest BCUT2D eigenvalue weighted by atomic mass is 16.5. The van der Waals surface area contributed by atoms with Gasteiger partial charge >= 0.3 is 11.9 Å². The molecule has 12 heteroatoms. The molecule has 1 aliphatic rings. The Morgan fingerprint density at radius 3 is 2.48 bits per heavy atom. The van der Waals surface area contributed by atoms with E-state index in [0.29, 0.717) is 16.7 Å². The predicted octanol–water partition coefficient (Wildman–Crippen LogP) is 1.76. The van der Waals surface area contributed by atoms with Gasteiger partial charge in [-0.1, -0.05) is 67.2 Å². The molecule has 0 unspecified atom stereocenters. The molecule has 1 aliphatic carbocycles. The molecule has 0 bridgehead atoms. The van der Waals surface area contributed by atoms with E-state index >= 15 is 0 Å². The van der Waals surface area contributed by atoms with Crippen LogP contribution < -0.4 is 22.8 Å². The van der Waals surface area contributed by atoms with Crippen LogP contribution in [0.1, 0.15) is 36.1 Å². The van der Waals surface area contributed by atoms with Crippen LogP contribution in [-0.4, -0.2) is 42.7 Å². The van der Waals surface area contributed by atoms with E-state index in [9.17, 15) is 19.5 Å². The van der Waals surface area contributed by atoms with Gasteiger partial charge in [-0.15, -0.1) is 0 Å². The van der Waals surface area contributed by atoms with Crippen molar-refractivity contribution < 1.29 is 19.4 Å². The highest BCUT2D eigenvalue weighted by molar-refractivity contribution is 5.81. The number of carboxylic acid groups (broad SMARTS) is 1. The molecule has 5 rings (SSSR count). The van der Waals surface area contributed by atoms with Gasteiger partial charge in [0.1, 0.15) is 17.7 Å². The standard InChI is InChI=1S/C28H29N7O5/c1-15-18(13-28(31,26(38)39)17-10-6-3-7-11-17)20(40-25(37)21(29)16-8-4-2-5-9-16)12-19(15)35-14-32-22-23(35)33-27(30)34-24(22)36/h2-11,14,18-21H,1,12-13,29,31H2,(H,38,39)(H3,30,33,34,36)/t18-,19+,20+,21-,28-/m1/s1. The quantitative estimate of drug-likeness (QED) is 0.161. The van der Waals surface area contributed by atoms with Crippen molar-refractivity contribution in [3.8, 4) is 0 Å².